The highest BCUT2D eigenvalue weighted by molar-refractivity contribution is 8.01. The van der Waals surface area contributed by atoms with Crippen LogP contribution in [0, 0.1) is 0 Å². The summed E-state index contributed by atoms with van der Waals surface area (Å²) < 4.78 is 0. The molecule has 2 unspecified atom stereocenters. The van der Waals surface area contributed by atoms with Crippen LogP contribution in [0.15, 0.2) is 23.9 Å². The standard InChI is InChI=1S/C14H20N4O4S/c1-8(5-10(15)19)17-4-2-3-14(16)7-9(13(21)22)18-11(20)6-12(18)23-14/h2-3,7-8,12,17H,4-6,16H2,1H3,(H2,15,19)(H,21,22)/b3-2+/t8?,12-,14?/m1/s1. The number of primary amides is 1. The Morgan fingerprint density at radius 3 is 2.91 bits per heavy atom. The van der Waals surface area contributed by atoms with Gasteiger partial charge in [-0.05, 0) is 13.0 Å². The first-order chi connectivity index (χ1) is 10.7. The number of carboxylic acids is 1. The van der Waals surface area contributed by atoms with Gasteiger partial charge in [-0.2, -0.15) is 0 Å². The summed E-state index contributed by atoms with van der Waals surface area (Å²) in [5.41, 5.74) is 11.2. The van der Waals surface area contributed by atoms with Crippen molar-refractivity contribution in [2.75, 3.05) is 6.54 Å². The summed E-state index contributed by atoms with van der Waals surface area (Å²) in [6.45, 7) is 2.31. The van der Waals surface area contributed by atoms with Crippen molar-refractivity contribution < 1.29 is 19.5 Å². The molecule has 0 radical (unpaired) electrons. The Hall–Kier alpha value is -1.84. The van der Waals surface area contributed by atoms with E-state index < -0.39 is 10.8 Å². The average molecular weight is 340 g/mol. The second-order valence-corrected chi connectivity index (χ2v) is 7.10. The zero-order chi connectivity index (χ0) is 17.2. The molecule has 3 atom stereocenters. The number of nitrogens with zero attached hydrogens (tertiary/aromatic N) is 1. The summed E-state index contributed by atoms with van der Waals surface area (Å²) in [6.07, 6.45) is 5.38. The van der Waals surface area contributed by atoms with Crippen LogP contribution in [0.1, 0.15) is 19.8 Å². The number of rotatable bonds is 7. The lowest BCUT2D eigenvalue weighted by molar-refractivity contribution is -0.146. The molecule has 8 nitrogen and oxygen atoms in total. The Morgan fingerprint density at radius 2 is 2.35 bits per heavy atom. The lowest BCUT2D eigenvalue weighted by Gasteiger charge is -2.46. The number of carbonyl (C=O) groups is 3. The molecule has 1 saturated heterocycles. The van der Waals surface area contributed by atoms with Crippen molar-refractivity contribution in [3.63, 3.8) is 0 Å². The Labute approximate surface area is 137 Å². The van der Waals surface area contributed by atoms with Crippen LogP contribution in [0.2, 0.25) is 0 Å². The van der Waals surface area contributed by atoms with Crippen molar-refractivity contribution in [2.45, 2.75) is 36.1 Å². The number of nitrogens with two attached hydrogens (primary N) is 2. The zero-order valence-corrected chi connectivity index (χ0v) is 13.5. The van der Waals surface area contributed by atoms with Gasteiger partial charge in [-0.15, -0.1) is 11.8 Å². The van der Waals surface area contributed by atoms with Gasteiger partial charge in [-0.25, -0.2) is 4.79 Å². The number of amides is 2. The van der Waals surface area contributed by atoms with E-state index in [0.717, 1.165) is 0 Å². The van der Waals surface area contributed by atoms with Crippen LogP contribution in [-0.2, 0) is 14.4 Å². The maximum absolute atomic E-state index is 11.5. The van der Waals surface area contributed by atoms with E-state index in [2.05, 4.69) is 5.32 Å². The van der Waals surface area contributed by atoms with Gasteiger partial charge in [0.2, 0.25) is 11.8 Å². The minimum atomic E-state index is -1.17. The predicted molar refractivity (Wildman–Crippen MR) is 85.9 cm³/mol. The minimum Gasteiger partial charge on any atom is -0.477 e. The minimum absolute atomic E-state index is 0.0604. The number of β-lactam (4-membered cyclic amide) rings is 1. The fraction of sp³-hybridized carbons (Fsp3) is 0.500. The van der Waals surface area contributed by atoms with E-state index in [0.29, 0.717) is 6.54 Å². The Morgan fingerprint density at radius 1 is 1.65 bits per heavy atom. The molecule has 2 heterocycles. The molecule has 9 heteroatoms. The van der Waals surface area contributed by atoms with E-state index >= 15 is 0 Å². The molecule has 0 aromatic carbocycles. The highest BCUT2D eigenvalue weighted by Gasteiger charge is 2.48. The van der Waals surface area contributed by atoms with Crippen molar-refractivity contribution in [3.8, 4) is 0 Å². The predicted octanol–water partition coefficient (Wildman–Crippen LogP) is -0.675. The molecule has 0 aliphatic carbocycles. The van der Waals surface area contributed by atoms with E-state index in [1.807, 2.05) is 6.92 Å². The summed E-state index contributed by atoms with van der Waals surface area (Å²) in [6, 6.07) is -0.0604. The first-order valence-electron chi connectivity index (χ1n) is 7.16. The summed E-state index contributed by atoms with van der Waals surface area (Å²) >= 11 is 1.33. The van der Waals surface area contributed by atoms with Gasteiger partial charge >= 0.3 is 5.97 Å². The second-order valence-electron chi connectivity index (χ2n) is 5.61. The van der Waals surface area contributed by atoms with Crippen molar-refractivity contribution >= 4 is 29.5 Å². The largest absolute Gasteiger partial charge is 0.477 e. The van der Waals surface area contributed by atoms with Crippen LogP contribution in [0.5, 0.6) is 0 Å². The molecule has 0 aromatic rings. The summed E-state index contributed by atoms with van der Waals surface area (Å²) in [4.78, 5) is 33.9. The number of aliphatic carboxylic acids is 1. The van der Waals surface area contributed by atoms with Crippen LogP contribution >= 0.6 is 11.8 Å². The van der Waals surface area contributed by atoms with Gasteiger partial charge in [-0.3, -0.25) is 14.5 Å². The number of thioether (sulfide) groups is 1. The van der Waals surface area contributed by atoms with E-state index in [1.165, 1.54) is 22.7 Å². The third-order valence-electron chi connectivity index (χ3n) is 3.56. The van der Waals surface area contributed by atoms with Crippen LogP contribution < -0.4 is 16.8 Å². The van der Waals surface area contributed by atoms with Crippen LogP contribution in [0.4, 0.5) is 0 Å². The average Bonchev–Trinajstić information content (AvgIpc) is 2.41. The maximum atomic E-state index is 11.5. The number of fused-ring (bicyclic) bond motifs is 1. The molecule has 2 aliphatic heterocycles. The number of carbonyl (C=O) groups excluding carboxylic acids is 2. The second kappa shape index (κ2) is 6.73. The number of hydrogen-bond donors (Lipinski definition) is 4. The molecule has 2 rings (SSSR count). The molecular weight excluding hydrogens is 320 g/mol. The van der Waals surface area contributed by atoms with Gasteiger partial charge in [0.15, 0.2) is 0 Å². The highest BCUT2D eigenvalue weighted by Crippen LogP contribution is 2.44. The molecule has 23 heavy (non-hydrogen) atoms. The first-order valence-corrected chi connectivity index (χ1v) is 8.04. The molecule has 1 fully saturated rings. The van der Waals surface area contributed by atoms with Gasteiger partial charge in [0.05, 0.1) is 11.8 Å². The van der Waals surface area contributed by atoms with E-state index in [1.54, 1.807) is 12.2 Å². The van der Waals surface area contributed by atoms with Gasteiger partial charge < -0.3 is 21.9 Å². The van der Waals surface area contributed by atoms with Crippen molar-refractivity contribution in [3.05, 3.63) is 23.9 Å². The third-order valence-corrected chi connectivity index (χ3v) is 4.87. The lowest BCUT2D eigenvalue weighted by atomic mass is 10.1. The van der Waals surface area contributed by atoms with Crippen LogP contribution in [0.3, 0.4) is 0 Å². The fourth-order valence-electron chi connectivity index (χ4n) is 2.46. The molecule has 0 bridgehead atoms. The maximum Gasteiger partial charge on any atom is 0.352 e. The Balaban J connectivity index is 1.99. The molecule has 126 valence electrons. The normalized spacial score (nSPS) is 28.1. The van der Waals surface area contributed by atoms with Crippen molar-refractivity contribution in [2.24, 2.45) is 11.5 Å². The van der Waals surface area contributed by atoms with Crippen LogP contribution in [-0.4, -0.2) is 50.6 Å². The zero-order valence-electron chi connectivity index (χ0n) is 12.7. The van der Waals surface area contributed by atoms with Crippen molar-refractivity contribution in [1.29, 1.82) is 0 Å². The number of nitrogens with one attached hydrogen (secondary N) is 1. The molecule has 2 aliphatic rings. The van der Waals surface area contributed by atoms with Gasteiger partial charge in [0, 0.05) is 19.0 Å². The van der Waals surface area contributed by atoms with E-state index in [4.69, 9.17) is 11.5 Å². The SMILES string of the molecule is CC(CC(N)=O)NC/C=C/C1(N)C=C(C(=O)O)N2C(=O)C[C@H]2S1. The van der Waals surface area contributed by atoms with E-state index in [9.17, 15) is 19.5 Å². The summed E-state index contributed by atoms with van der Waals surface area (Å²) in [5, 5.41) is 12.1. The smallest absolute Gasteiger partial charge is 0.352 e. The van der Waals surface area contributed by atoms with Crippen LogP contribution in [0.25, 0.3) is 0 Å². The first kappa shape index (κ1) is 17.5. The highest BCUT2D eigenvalue weighted by atomic mass is 32.2. The van der Waals surface area contributed by atoms with E-state index in [-0.39, 0.29) is 41.8 Å². The molecule has 6 N–H and O–H groups in total. The topological polar surface area (TPSA) is 139 Å². The summed E-state index contributed by atoms with van der Waals surface area (Å²) in [7, 11) is 0. The monoisotopic (exact) mass is 340 g/mol. The van der Waals surface area contributed by atoms with Gasteiger partial charge in [0.1, 0.15) is 10.6 Å². The lowest BCUT2D eigenvalue weighted by Crippen LogP contribution is -2.57. The third kappa shape index (κ3) is 4.12. The van der Waals surface area contributed by atoms with Gasteiger partial charge in [0.25, 0.3) is 0 Å². The number of hydrogen-bond acceptors (Lipinski definition) is 6. The number of carboxylic acid groups (broad SMARTS) is 1. The Kier molecular flexibility index (Phi) is 5.12. The van der Waals surface area contributed by atoms with Crippen molar-refractivity contribution in [1.82, 2.24) is 10.2 Å². The Bertz CT molecular complexity index is 591. The molecule has 0 saturated carbocycles. The summed E-state index contributed by atoms with van der Waals surface area (Å²) in [5.74, 6) is -1.75. The molecule has 2 amide bonds. The fourth-order valence-corrected chi connectivity index (χ4v) is 3.85. The molecule has 0 spiro atoms. The molecule has 0 aromatic heterocycles. The van der Waals surface area contributed by atoms with Gasteiger partial charge in [-0.1, -0.05) is 12.2 Å². The molecular formula is C14H20N4O4S. The quantitative estimate of drug-likeness (QED) is 0.356.